The highest BCUT2D eigenvalue weighted by molar-refractivity contribution is 5.51. The maximum Gasteiger partial charge on any atom is 0.163 e. The Morgan fingerprint density at radius 3 is 2.50 bits per heavy atom. The summed E-state index contributed by atoms with van der Waals surface area (Å²) in [5.74, 6) is 1.48. The molecule has 1 aromatic rings. The first-order valence-electron chi connectivity index (χ1n) is 7.58. The molecule has 0 unspecified atom stereocenters. The van der Waals surface area contributed by atoms with E-state index in [4.69, 9.17) is 15.2 Å². The number of nitrogen functional groups attached to an aromatic ring is 1. The van der Waals surface area contributed by atoms with Gasteiger partial charge in [-0.25, -0.2) is 0 Å². The Morgan fingerprint density at radius 1 is 1.15 bits per heavy atom. The van der Waals surface area contributed by atoms with E-state index in [9.17, 15) is 0 Å². The van der Waals surface area contributed by atoms with Gasteiger partial charge >= 0.3 is 0 Å². The lowest BCUT2D eigenvalue weighted by molar-refractivity contribution is 0.254. The second-order valence-corrected chi connectivity index (χ2v) is 4.66. The van der Waals surface area contributed by atoms with Crippen LogP contribution in [0.4, 0.5) is 5.69 Å². The number of benzene rings is 1. The fourth-order valence-corrected chi connectivity index (χ4v) is 2.28. The Labute approximate surface area is 122 Å². The first-order chi connectivity index (χ1) is 9.79. The first-order valence-corrected chi connectivity index (χ1v) is 7.58. The van der Waals surface area contributed by atoms with Crippen LogP contribution in [0, 0.1) is 0 Å². The Hall–Kier alpha value is -1.42. The molecular weight excluding hydrogens is 252 g/mol. The Morgan fingerprint density at radius 2 is 1.85 bits per heavy atom. The van der Waals surface area contributed by atoms with Gasteiger partial charge in [0.1, 0.15) is 0 Å². The van der Waals surface area contributed by atoms with Gasteiger partial charge in [0, 0.05) is 18.3 Å². The van der Waals surface area contributed by atoms with E-state index in [1.54, 1.807) is 7.11 Å². The van der Waals surface area contributed by atoms with Gasteiger partial charge in [-0.1, -0.05) is 13.8 Å². The van der Waals surface area contributed by atoms with Gasteiger partial charge < -0.3 is 20.1 Å². The van der Waals surface area contributed by atoms with E-state index < -0.39 is 0 Å². The van der Waals surface area contributed by atoms with E-state index in [1.807, 2.05) is 32.0 Å². The molecule has 0 radical (unpaired) electrons. The van der Waals surface area contributed by atoms with Crippen LogP contribution in [0.15, 0.2) is 18.2 Å². The highest BCUT2D eigenvalue weighted by Crippen LogP contribution is 2.29. The van der Waals surface area contributed by atoms with Crippen LogP contribution >= 0.6 is 0 Å². The van der Waals surface area contributed by atoms with E-state index >= 15 is 0 Å². The molecule has 0 bridgehead atoms. The van der Waals surface area contributed by atoms with Crippen LogP contribution in [0.25, 0.3) is 0 Å². The van der Waals surface area contributed by atoms with Gasteiger partial charge in [0.2, 0.25) is 0 Å². The molecule has 4 heteroatoms. The van der Waals surface area contributed by atoms with Gasteiger partial charge in [-0.2, -0.15) is 0 Å². The monoisotopic (exact) mass is 280 g/mol. The molecule has 0 aliphatic carbocycles. The summed E-state index contributed by atoms with van der Waals surface area (Å²) >= 11 is 0. The van der Waals surface area contributed by atoms with Crippen LogP contribution in [0.3, 0.4) is 0 Å². The van der Waals surface area contributed by atoms with Crippen molar-refractivity contribution >= 4 is 5.69 Å². The summed E-state index contributed by atoms with van der Waals surface area (Å²) in [7, 11) is 1.64. The molecule has 114 valence electrons. The van der Waals surface area contributed by atoms with Crippen LogP contribution in [0.5, 0.6) is 11.5 Å². The zero-order valence-electron chi connectivity index (χ0n) is 13.0. The van der Waals surface area contributed by atoms with Crippen molar-refractivity contribution in [2.24, 2.45) is 0 Å². The summed E-state index contributed by atoms with van der Waals surface area (Å²) in [5.41, 5.74) is 6.44. The summed E-state index contributed by atoms with van der Waals surface area (Å²) in [6.07, 6.45) is 3.71. The van der Waals surface area contributed by atoms with Crippen molar-refractivity contribution in [1.29, 1.82) is 0 Å². The maximum atomic E-state index is 5.74. The van der Waals surface area contributed by atoms with Gasteiger partial charge in [-0.05, 0) is 44.5 Å². The predicted molar refractivity (Wildman–Crippen MR) is 84.5 cm³/mol. The van der Waals surface area contributed by atoms with Crippen molar-refractivity contribution in [3.8, 4) is 11.5 Å². The first kappa shape index (κ1) is 16.6. The molecule has 4 nitrogen and oxygen atoms in total. The van der Waals surface area contributed by atoms with E-state index in [2.05, 4.69) is 4.90 Å². The Balaban J connectivity index is 0.000000956. The Bertz CT molecular complexity index is 377. The maximum absolute atomic E-state index is 5.74. The standard InChI is InChI=1S/C14H22N2O2.C2H6/c1-17-13-6-5-12(15)11-14(13)18-10-4-9-16-7-2-3-8-16;1-2/h5-6,11H,2-4,7-10,15H2,1H3;1-2H3. The lowest BCUT2D eigenvalue weighted by atomic mass is 10.3. The van der Waals surface area contributed by atoms with Gasteiger partial charge in [0.05, 0.1) is 13.7 Å². The topological polar surface area (TPSA) is 47.7 Å². The molecule has 1 aliphatic rings. The molecule has 0 amide bonds. The van der Waals surface area contributed by atoms with Crippen LogP contribution in [0.2, 0.25) is 0 Å². The summed E-state index contributed by atoms with van der Waals surface area (Å²) in [6.45, 7) is 8.30. The number of hydrogen-bond acceptors (Lipinski definition) is 4. The van der Waals surface area contributed by atoms with Gasteiger partial charge in [0.25, 0.3) is 0 Å². The minimum atomic E-state index is 0.699. The molecule has 0 saturated carbocycles. The third-order valence-corrected chi connectivity index (χ3v) is 3.26. The van der Waals surface area contributed by atoms with Crippen molar-refractivity contribution < 1.29 is 9.47 Å². The second kappa shape index (κ2) is 9.48. The quantitative estimate of drug-likeness (QED) is 0.642. The minimum Gasteiger partial charge on any atom is -0.493 e. The van der Waals surface area contributed by atoms with Crippen LogP contribution < -0.4 is 15.2 Å². The summed E-state index contributed by atoms with van der Waals surface area (Å²) in [5, 5.41) is 0. The third-order valence-electron chi connectivity index (χ3n) is 3.26. The summed E-state index contributed by atoms with van der Waals surface area (Å²) < 4.78 is 11.0. The number of hydrogen-bond donors (Lipinski definition) is 1. The van der Waals surface area contributed by atoms with Gasteiger partial charge in [-0.3, -0.25) is 0 Å². The molecule has 1 heterocycles. The molecule has 0 aromatic heterocycles. The largest absolute Gasteiger partial charge is 0.493 e. The van der Waals surface area contributed by atoms with Crippen molar-refractivity contribution in [3.05, 3.63) is 18.2 Å². The van der Waals surface area contributed by atoms with E-state index in [1.165, 1.54) is 25.9 Å². The number of nitrogens with two attached hydrogens (primary N) is 1. The number of ether oxygens (including phenoxy) is 2. The van der Waals surface area contributed by atoms with Crippen LogP contribution in [-0.4, -0.2) is 38.3 Å². The molecule has 2 rings (SSSR count). The summed E-state index contributed by atoms with van der Waals surface area (Å²) in [4.78, 5) is 2.49. The highest BCUT2D eigenvalue weighted by atomic mass is 16.5. The van der Waals surface area contributed by atoms with E-state index in [-0.39, 0.29) is 0 Å². The lowest BCUT2D eigenvalue weighted by Gasteiger charge is -2.15. The predicted octanol–water partition coefficient (Wildman–Crippen LogP) is 3.17. The lowest BCUT2D eigenvalue weighted by Crippen LogP contribution is -2.21. The molecule has 20 heavy (non-hydrogen) atoms. The molecule has 1 fully saturated rings. The Kier molecular flexibility index (Phi) is 7.88. The third kappa shape index (κ3) is 5.29. The molecule has 1 aliphatic heterocycles. The number of anilines is 1. The number of likely N-dealkylation sites (tertiary alicyclic amines) is 1. The second-order valence-electron chi connectivity index (χ2n) is 4.66. The van der Waals surface area contributed by atoms with Crippen molar-refractivity contribution in [2.75, 3.05) is 39.1 Å². The van der Waals surface area contributed by atoms with Gasteiger partial charge in [0.15, 0.2) is 11.5 Å². The molecule has 1 saturated heterocycles. The van der Waals surface area contributed by atoms with E-state index in [0.717, 1.165) is 24.5 Å². The summed E-state index contributed by atoms with van der Waals surface area (Å²) in [6, 6.07) is 5.47. The van der Waals surface area contributed by atoms with E-state index in [0.29, 0.717) is 12.3 Å². The average Bonchev–Trinajstić information content (AvgIpc) is 2.99. The average molecular weight is 280 g/mol. The fourth-order valence-electron chi connectivity index (χ4n) is 2.28. The zero-order valence-corrected chi connectivity index (χ0v) is 13.0. The molecule has 0 atom stereocenters. The van der Waals surface area contributed by atoms with Crippen LogP contribution in [-0.2, 0) is 0 Å². The smallest absolute Gasteiger partial charge is 0.163 e. The minimum absolute atomic E-state index is 0.699. The zero-order chi connectivity index (χ0) is 14.8. The van der Waals surface area contributed by atoms with Crippen LogP contribution in [0.1, 0.15) is 33.1 Å². The molecular formula is C16H28N2O2. The molecule has 0 spiro atoms. The molecule has 1 aromatic carbocycles. The fraction of sp³-hybridized carbons (Fsp3) is 0.625. The van der Waals surface area contributed by atoms with Crippen molar-refractivity contribution in [2.45, 2.75) is 33.1 Å². The van der Waals surface area contributed by atoms with Crippen molar-refractivity contribution in [1.82, 2.24) is 4.90 Å². The number of methoxy groups -OCH3 is 1. The number of nitrogens with zero attached hydrogens (tertiary/aromatic N) is 1. The molecule has 2 N–H and O–H groups in total. The normalized spacial score (nSPS) is 14.6. The SMILES string of the molecule is CC.COc1ccc(N)cc1OCCCN1CCCC1. The number of rotatable bonds is 6. The highest BCUT2D eigenvalue weighted by Gasteiger charge is 2.10. The van der Waals surface area contributed by atoms with Gasteiger partial charge in [-0.15, -0.1) is 0 Å². The van der Waals surface area contributed by atoms with Crippen molar-refractivity contribution in [3.63, 3.8) is 0 Å².